The van der Waals surface area contributed by atoms with Crippen LogP contribution in [0.4, 0.5) is 0 Å². The number of hydrogen-bond acceptors (Lipinski definition) is 3. The van der Waals surface area contributed by atoms with Gasteiger partial charge < -0.3 is 10.0 Å². The number of aliphatic carboxylic acids is 1. The van der Waals surface area contributed by atoms with Gasteiger partial charge in [0.2, 0.25) is 0 Å². The van der Waals surface area contributed by atoms with E-state index in [0.29, 0.717) is 5.69 Å². The van der Waals surface area contributed by atoms with Crippen LogP contribution in [-0.4, -0.2) is 40.5 Å². The van der Waals surface area contributed by atoms with Crippen molar-refractivity contribution in [2.24, 2.45) is 0 Å². The van der Waals surface area contributed by atoms with E-state index in [1.54, 1.807) is 0 Å². The Morgan fingerprint density at radius 2 is 1.65 bits per heavy atom. The molecule has 0 fully saturated rings. The lowest BCUT2D eigenvalue weighted by Crippen LogP contribution is -2.33. The minimum Gasteiger partial charge on any atom is -0.480 e. The summed E-state index contributed by atoms with van der Waals surface area (Å²) in [4.78, 5) is 29.1. The fourth-order valence-electron chi connectivity index (χ4n) is 3.11. The predicted molar refractivity (Wildman–Crippen MR) is 90.0 cm³/mol. The number of pyridine rings is 1. The van der Waals surface area contributed by atoms with Gasteiger partial charge in [-0.05, 0) is 62.3 Å². The van der Waals surface area contributed by atoms with Crippen molar-refractivity contribution in [1.82, 2.24) is 9.88 Å². The minimum absolute atomic E-state index is 0.326. The number of fused-ring (bicyclic) bond motifs is 1. The Hall–Kier alpha value is -2.43. The van der Waals surface area contributed by atoms with Gasteiger partial charge in [0.15, 0.2) is 0 Å². The van der Waals surface area contributed by atoms with Gasteiger partial charge in [0, 0.05) is 18.1 Å². The van der Waals surface area contributed by atoms with Crippen LogP contribution in [0.25, 0.3) is 10.8 Å². The van der Waals surface area contributed by atoms with Crippen LogP contribution < -0.4 is 0 Å². The summed E-state index contributed by atoms with van der Waals surface area (Å²) < 4.78 is 0. The SMILES string of the molecule is Cc1cc(C)c2c(C)nc(C(=O)N(C)CC(=O)O)c(C)c2c1C. The van der Waals surface area contributed by atoms with Crippen LogP contribution in [0.15, 0.2) is 6.07 Å². The molecule has 0 saturated heterocycles. The Morgan fingerprint density at radius 3 is 2.22 bits per heavy atom. The Labute approximate surface area is 135 Å². The number of aromatic nitrogens is 1. The third-order valence-corrected chi connectivity index (χ3v) is 4.34. The number of benzene rings is 1. The molecule has 0 aliphatic rings. The van der Waals surface area contributed by atoms with Crippen molar-refractivity contribution in [3.63, 3.8) is 0 Å². The van der Waals surface area contributed by atoms with Gasteiger partial charge in [0.05, 0.1) is 0 Å². The van der Waals surface area contributed by atoms with Crippen LogP contribution in [0.1, 0.15) is 38.4 Å². The minimum atomic E-state index is -1.04. The Morgan fingerprint density at radius 1 is 1.04 bits per heavy atom. The Bertz CT molecular complexity index is 825. The molecule has 0 aliphatic heterocycles. The van der Waals surface area contributed by atoms with E-state index in [1.165, 1.54) is 17.5 Å². The molecule has 1 aromatic carbocycles. The molecule has 23 heavy (non-hydrogen) atoms. The van der Waals surface area contributed by atoms with Crippen molar-refractivity contribution in [3.05, 3.63) is 39.7 Å². The summed E-state index contributed by atoms with van der Waals surface area (Å²) in [7, 11) is 1.48. The summed E-state index contributed by atoms with van der Waals surface area (Å²) in [5.74, 6) is -1.41. The fraction of sp³-hybridized carbons (Fsp3) is 0.389. The average Bonchev–Trinajstić information content (AvgIpc) is 2.45. The highest BCUT2D eigenvalue weighted by atomic mass is 16.4. The van der Waals surface area contributed by atoms with E-state index in [-0.39, 0.29) is 12.5 Å². The zero-order valence-corrected chi connectivity index (χ0v) is 14.4. The van der Waals surface area contributed by atoms with Crippen LogP contribution >= 0.6 is 0 Å². The summed E-state index contributed by atoms with van der Waals surface area (Å²) >= 11 is 0. The summed E-state index contributed by atoms with van der Waals surface area (Å²) in [6.07, 6.45) is 0. The second-order valence-electron chi connectivity index (χ2n) is 6.11. The van der Waals surface area contributed by atoms with E-state index in [1.807, 2.05) is 27.7 Å². The maximum absolute atomic E-state index is 12.6. The third-order valence-electron chi connectivity index (χ3n) is 4.34. The normalized spacial score (nSPS) is 10.9. The van der Waals surface area contributed by atoms with Gasteiger partial charge >= 0.3 is 5.97 Å². The van der Waals surface area contributed by atoms with Gasteiger partial charge in [0.1, 0.15) is 12.2 Å². The van der Waals surface area contributed by atoms with Crippen LogP contribution in [0.3, 0.4) is 0 Å². The average molecular weight is 314 g/mol. The summed E-state index contributed by atoms with van der Waals surface area (Å²) in [5.41, 5.74) is 5.35. The summed E-state index contributed by atoms with van der Waals surface area (Å²) in [6.45, 7) is 9.55. The van der Waals surface area contributed by atoms with E-state index in [0.717, 1.165) is 33.2 Å². The third kappa shape index (κ3) is 2.91. The van der Waals surface area contributed by atoms with Gasteiger partial charge in [-0.2, -0.15) is 0 Å². The molecule has 2 aromatic rings. The predicted octanol–water partition coefficient (Wildman–Crippen LogP) is 2.93. The molecule has 1 amide bonds. The van der Waals surface area contributed by atoms with Crippen molar-refractivity contribution < 1.29 is 14.7 Å². The highest BCUT2D eigenvalue weighted by Crippen LogP contribution is 2.31. The number of carbonyl (C=O) groups excluding carboxylic acids is 1. The summed E-state index contributed by atoms with van der Waals surface area (Å²) in [6, 6.07) is 2.13. The van der Waals surface area contributed by atoms with Gasteiger partial charge in [-0.15, -0.1) is 0 Å². The smallest absolute Gasteiger partial charge is 0.323 e. The standard InChI is InChI=1S/C18H22N2O3/c1-9-7-10(2)15-13(5)19-17(12(4)16(15)11(9)3)18(23)20(6)8-14(21)22/h7H,8H2,1-6H3,(H,21,22). The number of nitrogens with zero attached hydrogens (tertiary/aromatic N) is 2. The maximum Gasteiger partial charge on any atom is 0.323 e. The second kappa shape index (κ2) is 5.99. The molecule has 0 spiro atoms. The zero-order valence-electron chi connectivity index (χ0n) is 14.4. The first-order chi connectivity index (χ1) is 10.6. The van der Waals surface area contributed by atoms with E-state index in [4.69, 9.17) is 5.11 Å². The van der Waals surface area contributed by atoms with Crippen LogP contribution in [0.2, 0.25) is 0 Å². The van der Waals surface area contributed by atoms with E-state index in [9.17, 15) is 9.59 Å². The molecule has 0 radical (unpaired) electrons. The molecule has 0 unspecified atom stereocenters. The molecular formula is C18H22N2O3. The number of amides is 1. The molecule has 0 bridgehead atoms. The molecule has 1 heterocycles. The molecule has 122 valence electrons. The monoisotopic (exact) mass is 314 g/mol. The first-order valence-electron chi connectivity index (χ1n) is 7.50. The molecule has 0 atom stereocenters. The highest BCUT2D eigenvalue weighted by Gasteiger charge is 2.22. The van der Waals surface area contributed by atoms with Crippen LogP contribution in [0.5, 0.6) is 0 Å². The second-order valence-corrected chi connectivity index (χ2v) is 6.11. The number of carboxylic acids is 1. The van der Waals surface area contributed by atoms with Gasteiger partial charge in [0.25, 0.3) is 5.91 Å². The lowest BCUT2D eigenvalue weighted by atomic mass is 9.92. The molecule has 1 aromatic heterocycles. The number of carboxylic acid groups (broad SMARTS) is 1. The largest absolute Gasteiger partial charge is 0.480 e. The van der Waals surface area contributed by atoms with Crippen molar-refractivity contribution in [2.75, 3.05) is 13.6 Å². The lowest BCUT2D eigenvalue weighted by Gasteiger charge is -2.19. The number of rotatable bonds is 3. The first-order valence-corrected chi connectivity index (χ1v) is 7.50. The van der Waals surface area contributed by atoms with Gasteiger partial charge in [-0.1, -0.05) is 6.07 Å². The van der Waals surface area contributed by atoms with E-state index < -0.39 is 5.97 Å². The first kappa shape index (κ1) is 16.9. The number of carbonyl (C=O) groups is 2. The topological polar surface area (TPSA) is 70.5 Å². The molecule has 2 rings (SSSR count). The highest BCUT2D eigenvalue weighted by molar-refractivity contribution is 6.02. The maximum atomic E-state index is 12.6. The molecule has 0 aliphatic carbocycles. The molecule has 0 saturated carbocycles. The van der Waals surface area contributed by atoms with E-state index >= 15 is 0 Å². The number of aryl methyl sites for hydroxylation is 5. The van der Waals surface area contributed by atoms with E-state index in [2.05, 4.69) is 18.0 Å². The molecular weight excluding hydrogens is 292 g/mol. The van der Waals surface area contributed by atoms with Crippen molar-refractivity contribution in [1.29, 1.82) is 0 Å². The number of hydrogen-bond donors (Lipinski definition) is 1. The van der Waals surface area contributed by atoms with Crippen molar-refractivity contribution >= 4 is 22.6 Å². The molecule has 5 nitrogen and oxygen atoms in total. The lowest BCUT2D eigenvalue weighted by molar-refractivity contribution is -0.137. The Kier molecular flexibility index (Phi) is 4.41. The van der Waals surface area contributed by atoms with Crippen LogP contribution in [-0.2, 0) is 4.79 Å². The van der Waals surface area contributed by atoms with Gasteiger partial charge in [-0.3, -0.25) is 9.59 Å². The van der Waals surface area contributed by atoms with Crippen molar-refractivity contribution in [3.8, 4) is 0 Å². The quantitative estimate of drug-likeness (QED) is 0.945. The Balaban J connectivity index is 2.73. The zero-order chi connectivity index (χ0) is 17.5. The van der Waals surface area contributed by atoms with Crippen LogP contribution in [0, 0.1) is 34.6 Å². The molecule has 5 heteroatoms. The van der Waals surface area contributed by atoms with Gasteiger partial charge in [-0.25, -0.2) is 4.98 Å². The van der Waals surface area contributed by atoms with Crippen molar-refractivity contribution in [2.45, 2.75) is 34.6 Å². The summed E-state index contributed by atoms with van der Waals surface area (Å²) in [5, 5.41) is 11.0. The molecule has 1 N–H and O–H groups in total. The number of likely N-dealkylation sites (N-methyl/N-ethyl adjacent to an activating group) is 1. The fourth-order valence-corrected chi connectivity index (χ4v) is 3.11.